The van der Waals surface area contributed by atoms with Crippen molar-refractivity contribution >= 4 is 17.9 Å². The highest BCUT2D eigenvalue weighted by Crippen LogP contribution is 2.23. The van der Waals surface area contributed by atoms with Crippen molar-refractivity contribution in [3.8, 4) is 0 Å². The van der Waals surface area contributed by atoms with Gasteiger partial charge in [-0.25, -0.2) is 0 Å². The third kappa shape index (κ3) is 5.80. The molecule has 1 heterocycles. The fourth-order valence-electron chi connectivity index (χ4n) is 3.51. The zero-order valence-electron chi connectivity index (χ0n) is 17.5. The molecule has 1 fully saturated rings. The molecule has 1 aliphatic rings. The monoisotopic (exact) mass is 390 g/mol. The normalized spacial score (nSPS) is 15.5. The summed E-state index contributed by atoms with van der Waals surface area (Å²) >= 11 is 0. The van der Waals surface area contributed by atoms with E-state index < -0.39 is 0 Å². The standard InChI is InChI=1S/C25H30N2O2/c1-25(2,3)21-12-10-20(11-13-21)24(29)27-17-15-22(16-18-27)26-23(28)14-9-19-7-5-4-6-8-19/h4-14,22H,15-18H2,1-3H3,(H,26,28)/b14-9+. The highest BCUT2D eigenvalue weighted by atomic mass is 16.2. The molecule has 1 N–H and O–H groups in total. The molecule has 0 atom stereocenters. The maximum absolute atomic E-state index is 12.8. The molecule has 0 aliphatic carbocycles. The van der Waals surface area contributed by atoms with E-state index in [0.717, 1.165) is 24.0 Å². The Labute approximate surface area is 173 Å². The van der Waals surface area contributed by atoms with Crippen molar-refractivity contribution in [2.24, 2.45) is 0 Å². The summed E-state index contributed by atoms with van der Waals surface area (Å²) < 4.78 is 0. The largest absolute Gasteiger partial charge is 0.350 e. The quantitative estimate of drug-likeness (QED) is 0.786. The number of rotatable bonds is 4. The van der Waals surface area contributed by atoms with Crippen molar-refractivity contribution in [2.75, 3.05) is 13.1 Å². The number of amides is 2. The number of likely N-dealkylation sites (tertiary alicyclic amines) is 1. The van der Waals surface area contributed by atoms with E-state index in [2.05, 4.69) is 26.1 Å². The van der Waals surface area contributed by atoms with Crippen molar-refractivity contribution in [3.05, 3.63) is 77.4 Å². The summed E-state index contributed by atoms with van der Waals surface area (Å²) in [6.07, 6.45) is 4.94. The zero-order chi connectivity index (χ0) is 20.9. The van der Waals surface area contributed by atoms with Crippen LogP contribution in [0.5, 0.6) is 0 Å². The van der Waals surface area contributed by atoms with Crippen LogP contribution in [-0.2, 0) is 10.2 Å². The number of benzene rings is 2. The lowest BCUT2D eigenvalue weighted by molar-refractivity contribution is -0.117. The summed E-state index contributed by atoms with van der Waals surface area (Å²) in [5.74, 6) is -0.0180. The number of carbonyl (C=O) groups is 2. The molecular formula is C25H30N2O2. The lowest BCUT2D eigenvalue weighted by Crippen LogP contribution is -2.46. The van der Waals surface area contributed by atoms with Gasteiger partial charge in [-0.3, -0.25) is 9.59 Å². The fourth-order valence-corrected chi connectivity index (χ4v) is 3.51. The molecule has 2 aromatic carbocycles. The molecule has 0 bridgehead atoms. The SMILES string of the molecule is CC(C)(C)c1ccc(C(=O)N2CCC(NC(=O)/C=C/c3ccccc3)CC2)cc1. The van der Waals surface area contributed by atoms with Crippen molar-refractivity contribution in [2.45, 2.75) is 45.1 Å². The Kier molecular flexibility index (Phi) is 6.53. The van der Waals surface area contributed by atoms with Gasteiger partial charge in [0.25, 0.3) is 5.91 Å². The Morgan fingerprint density at radius 2 is 1.59 bits per heavy atom. The molecule has 2 aromatic rings. The lowest BCUT2D eigenvalue weighted by Gasteiger charge is -2.32. The molecule has 1 saturated heterocycles. The molecule has 4 nitrogen and oxygen atoms in total. The first-order chi connectivity index (χ1) is 13.8. The first-order valence-corrected chi connectivity index (χ1v) is 10.3. The summed E-state index contributed by atoms with van der Waals surface area (Å²) in [6.45, 7) is 7.81. The molecule has 4 heteroatoms. The Balaban J connectivity index is 1.49. The Morgan fingerprint density at radius 3 is 2.17 bits per heavy atom. The van der Waals surface area contributed by atoms with Crippen LogP contribution in [-0.4, -0.2) is 35.8 Å². The van der Waals surface area contributed by atoms with Gasteiger partial charge in [-0.05, 0) is 47.6 Å². The number of piperidine rings is 1. The van der Waals surface area contributed by atoms with Crippen molar-refractivity contribution in [3.63, 3.8) is 0 Å². The topological polar surface area (TPSA) is 49.4 Å². The van der Waals surface area contributed by atoms with Crippen LogP contribution in [0.2, 0.25) is 0 Å². The second-order valence-electron chi connectivity index (χ2n) is 8.65. The second kappa shape index (κ2) is 9.08. The molecule has 0 radical (unpaired) electrons. The van der Waals surface area contributed by atoms with Gasteiger partial charge in [0.2, 0.25) is 5.91 Å². The van der Waals surface area contributed by atoms with Gasteiger partial charge >= 0.3 is 0 Å². The van der Waals surface area contributed by atoms with E-state index in [1.165, 1.54) is 5.56 Å². The van der Waals surface area contributed by atoms with Crippen LogP contribution in [0, 0.1) is 0 Å². The van der Waals surface area contributed by atoms with Crippen molar-refractivity contribution in [1.82, 2.24) is 10.2 Å². The number of nitrogens with one attached hydrogen (secondary N) is 1. The molecule has 3 rings (SSSR count). The van der Waals surface area contributed by atoms with Crippen LogP contribution in [0.1, 0.15) is 55.1 Å². The Hall–Kier alpha value is -2.88. The van der Waals surface area contributed by atoms with Crippen LogP contribution in [0.15, 0.2) is 60.7 Å². The van der Waals surface area contributed by atoms with Gasteiger partial charge in [-0.1, -0.05) is 63.2 Å². The predicted octanol–water partition coefficient (Wildman–Crippen LogP) is 4.42. The average Bonchev–Trinajstić information content (AvgIpc) is 2.72. The van der Waals surface area contributed by atoms with Crippen LogP contribution in [0.4, 0.5) is 0 Å². The lowest BCUT2D eigenvalue weighted by atomic mass is 9.86. The first-order valence-electron chi connectivity index (χ1n) is 10.3. The van der Waals surface area contributed by atoms with E-state index >= 15 is 0 Å². The van der Waals surface area contributed by atoms with E-state index in [1.54, 1.807) is 6.08 Å². The van der Waals surface area contributed by atoms with Gasteiger partial charge in [0.1, 0.15) is 0 Å². The molecule has 0 spiro atoms. The van der Waals surface area contributed by atoms with Gasteiger partial charge in [0.15, 0.2) is 0 Å². The summed E-state index contributed by atoms with van der Waals surface area (Å²) in [4.78, 5) is 26.8. The maximum Gasteiger partial charge on any atom is 0.253 e. The number of hydrogen-bond acceptors (Lipinski definition) is 2. The zero-order valence-corrected chi connectivity index (χ0v) is 17.5. The van der Waals surface area contributed by atoms with E-state index in [-0.39, 0.29) is 23.3 Å². The molecular weight excluding hydrogens is 360 g/mol. The third-order valence-corrected chi connectivity index (χ3v) is 5.35. The van der Waals surface area contributed by atoms with E-state index in [0.29, 0.717) is 13.1 Å². The van der Waals surface area contributed by atoms with Crippen LogP contribution < -0.4 is 5.32 Å². The summed E-state index contributed by atoms with van der Waals surface area (Å²) in [6, 6.07) is 17.8. The van der Waals surface area contributed by atoms with E-state index in [9.17, 15) is 9.59 Å². The predicted molar refractivity (Wildman–Crippen MR) is 118 cm³/mol. The number of hydrogen-bond donors (Lipinski definition) is 1. The van der Waals surface area contributed by atoms with E-state index in [4.69, 9.17) is 0 Å². The van der Waals surface area contributed by atoms with Crippen molar-refractivity contribution < 1.29 is 9.59 Å². The number of nitrogens with zero attached hydrogens (tertiary/aromatic N) is 1. The Bertz CT molecular complexity index is 856. The maximum atomic E-state index is 12.8. The minimum atomic E-state index is -0.0867. The minimum absolute atomic E-state index is 0.0687. The number of carbonyl (C=O) groups excluding carboxylic acids is 2. The summed E-state index contributed by atoms with van der Waals surface area (Å²) in [5.41, 5.74) is 3.03. The third-order valence-electron chi connectivity index (χ3n) is 5.35. The molecule has 0 saturated carbocycles. The van der Waals surface area contributed by atoms with Gasteiger partial charge in [0.05, 0.1) is 0 Å². The molecule has 29 heavy (non-hydrogen) atoms. The fraction of sp³-hybridized carbons (Fsp3) is 0.360. The first kappa shape index (κ1) is 20.8. The molecule has 0 aromatic heterocycles. The minimum Gasteiger partial charge on any atom is -0.350 e. The van der Waals surface area contributed by atoms with E-state index in [1.807, 2.05) is 65.6 Å². The van der Waals surface area contributed by atoms with Gasteiger partial charge < -0.3 is 10.2 Å². The molecule has 152 valence electrons. The smallest absolute Gasteiger partial charge is 0.253 e. The van der Waals surface area contributed by atoms with Crippen LogP contribution >= 0.6 is 0 Å². The highest BCUT2D eigenvalue weighted by Gasteiger charge is 2.24. The molecule has 0 unspecified atom stereocenters. The Morgan fingerprint density at radius 1 is 0.966 bits per heavy atom. The van der Waals surface area contributed by atoms with Crippen molar-refractivity contribution in [1.29, 1.82) is 0 Å². The summed E-state index contributed by atoms with van der Waals surface area (Å²) in [7, 11) is 0. The van der Waals surface area contributed by atoms with Gasteiger partial charge in [-0.2, -0.15) is 0 Å². The van der Waals surface area contributed by atoms with Gasteiger partial charge in [-0.15, -0.1) is 0 Å². The highest BCUT2D eigenvalue weighted by molar-refractivity contribution is 5.94. The van der Waals surface area contributed by atoms with Crippen LogP contribution in [0.3, 0.4) is 0 Å². The summed E-state index contributed by atoms with van der Waals surface area (Å²) in [5, 5.41) is 3.05. The molecule has 1 aliphatic heterocycles. The van der Waals surface area contributed by atoms with Crippen LogP contribution in [0.25, 0.3) is 6.08 Å². The second-order valence-corrected chi connectivity index (χ2v) is 8.65. The van der Waals surface area contributed by atoms with Gasteiger partial charge in [0, 0.05) is 30.8 Å². The average molecular weight is 391 g/mol. The molecule has 2 amide bonds.